The van der Waals surface area contributed by atoms with Crippen LogP contribution in [0.4, 0.5) is 0 Å². The second-order valence-electron chi connectivity index (χ2n) is 9.18. The van der Waals surface area contributed by atoms with Crippen molar-refractivity contribution < 1.29 is 24.1 Å². The zero-order chi connectivity index (χ0) is 23.5. The first-order valence-electron chi connectivity index (χ1n) is 12.5. The van der Waals surface area contributed by atoms with Crippen molar-refractivity contribution in [3.8, 4) is 5.75 Å². The Bertz CT molecular complexity index is 769. The molecule has 3 rings (SSSR count). The number of benzene rings is 1. The van der Waals surface area contributed by atoms with Gasteiger partial charge < -0.3 is 19.3 Å². The maximum absolute atomic E-state index is 12.4. The molecular formula is C28H40O5. The molecule has 2 aliphatic rings. The first-order chi connectivity index (χ1) is 16.1. The minimum Gasteiger partial charge on any atom is -0.497 e. The second-order valence-corrected chi connectivity index (χ2v) is 9.18. The van der Waals surface area contributed by atoms with Gasteiger partial charge in [0.05, 0.1) is 31.8 Å². The second kappa shape index (κ2) is 13.7. The van der Waals surface area contributed by atoms with Crippen LogP contribution in [-0.2, 0) is 20.9 Å². The fraction of sp³-hybridized carbons (Fsp3) is 0.607. The lowest BCUT2D eigenvalue weighted by molar-refractivity contribution is -0.122. The molecule has 5 nitrogen and oxygen atoms in total. The molecule has 5 atom stereocenters. The monoisotopic (exact) mass is 456 g/mol. The average molecular weight is 457 g/mol. The van der Waals surface area contributed by atoms with E-state index in [1.165, 1.54) is 19.3 Å². The molecule has 1 fully saturated rings. The summed E-state index contributed by atoms with van der Waals surface area (Å²) in [5.74, 6) is 0.590. The predicted octanol–water partition coefficient (Wildman–Crippen LogP) is 5.41. The number of rotatable bonds is 16. The predicted molar refractivity (Wildman–Crippen MR) is 130 cm³/mol. The molecule has 0 bridgehead atoms. The van der Waals surface area contributed by atoms with Crippen molar-refractivity contribution in [1.82, 2.24) is 0 Å². The van der Waals surface area contributed by atoms with Crippen LogP contribution >= 0.6 is 0 Å². The zero-order valence-electron chi connectivity index (χ0n) is 20.2. The molecule has 1 saturated heterocycles. The van der Waals surface area contributed by atoms with Crippen molar-refractivity contribution in [2.75, 3.05) is 13.7 Å². The van der Waals surface area contributed by atoms with Crippen LogP contribution < -0.4 is 4.74 Å². The fourth-order valence-corrected chi connectivity index (χ4v) is 4.55. The van der Waals surface area contributed by atoms with Crippen LogP contribution in [0.3, 0.4) is 0 Å². The number of carbonyl (C=O) groups is 1. The Morgan fingerprint density at radius 1 is 1.12 bits per heavy atom. The van der Waals surface area contributed by atoms with Gasteiger partial charge in [-0.1, -0.05) is 50.1 Å². The van der Waals surface area contributed by atoms with E-state index in [0.717, 1.165) is 43.4 Å². The number of unbranched alkanes of at least 4 members (excludes halogenated alkanes) is 4. The number of aliphatic hydroxyl groups excluding tert-OH is 1. The van der Waals surface area contributed by atoms with Crippen molar-refractivity contribution in [2.24, 2.45) is 11.8 Å². The average Bonchev–Trinajstić information content (AvgIpc) is 3.52. The molecule has 1 aromatic rings. The van der Waals surface area contributed by atoms with Gasteiger partial charge in [0.25, 0.3) is 0 Å². The number of ketones is 1. The van der Waals surface area contributed by atoms with Crippen LogP contribution in [0.5, 0.6) is 5.75 Å². The Balaban J connectivity index is 1.29. The molecule has 5 heteroatoms. The Labute approximate surface area is 198 Å². The Morgan fingerprint density at radius 2 is 1.94 bits per heavy atom. The number of hydrogen-bond donors (Lipinski definition) is 1. The van der Waals surface area contributed by atoms with Gasteiger partial charge in [0.15, 0.2) is 5.78 Å². The molecule has 1 aliphatic heterocycles. The summed E-state index contributed by atoms with van der Waals surface area (Å²) >= 11 is 0. The molecule has 182 valence electrons. The largest absolute Gasteiger partial charge is 0.497 e. The van der Waals surface area contributed by atoms with E-state index >= 15 is 0 Å². The highest BCUT2D eigenvalue weighted by molar-refractivity contribution is 5.95. The third-order valence-corrected chi connectivity index (χ3v) is 6.63. The molecule has 1 aliphatic carbocycles. The van der Waals surface area contributed by atoms with E-state index in [9.17, 15) is 9.90 Å². The summed E-state index contributed by atoms with van der Waals surface area (Å²) in [6.45, 7) is 3.50. The van der Waals surface area contributed by atoms with Gasteiger partial charge in [0.2, 0.25) is 0 Å². The Kier molecular flexibility index (Phi) is 10.6. The number of carbonyl (C=O) groups excluding carboxylic acids is 1. The highest BCUT2D eigenvalue weighted by Gasteiger charge is 2.50. The Hall–Kier alpha value is -1.95. The quantitative estimate of drug-likeness (QED) is 0.205. The van der Waals surface area contributed by atoms with Gasteiger partial charge in [-0.05, 0) is 68.2 Å². The van der Waals surface area contributed by atoms with Crippen LogP contribution in [0.2, 0.25) is 0 Å². The van der Waals surface area contributed by atoms with E-state index in [1.54, 1.807) is 13.2 Å². The summed E-state index contributed by atoms with van der Waals surface area (Å²) < 4.78 is 16.7. The summed E-state index contributed by atoms with van der Waals surface area (Å²) in [7, 11) is 1.66. The number of aliphatic hydroxyl groups is 1. The molecule has 1 N–H and O–H groups in total. The van der Waals surface area contributed by atoms with Crippen LogP contribution in [0, 0.1) is 11.8 Å². The van der Waals surface area contributed by atoms with Crippen molar-refractivity contribution in [3.05, 3.63) is 54.1 Å². The van der Waals surface area contributed by atoms with Gasteiger partial charge in [0.1, 0.15) is 11.9 Å². The number of methoxy groups -OCH3 is 1. The fourth-order valence-electron chi connectivity index (χ4n) is 4.55. The van der Waals surface area contributed by atoms with E-state index in [1.807, 2.05) is 30.3 Å². The van der Waals surface area contributed by atoms with Crippen molar-refractivity contribution >= 4 is 5.78 Å². The lowest BCUT2D eigenvalue weighted by Crippen LogP contribution is -2.34. The van der Waals surface area contributed by atoms with Crippen LogP contribution in [0.1, 0.15) is 63.9 Å². The third kappa shape index (κ3) is 8.09. The summed E-state index contributed by atoms with van der Waals surface area (Å²) in [6.07, 6.45) is 15.5. The number of ether oxygens (including phenoxy) is 3. The van der Waals surface area contributed by atoms with E-state index in [-0.39, 0.29) is 29.8 Å². The molecule has 1 heterocycles. The minimum absolute atomic E-state index is 0.0352. The normalized spacial score (nSPS) is 25.1. The molecular weight excluding hydrogens is 416 g/mol. The molecule has 0 saturated carbocycles. The van der Waals surface area contributed by atoms with Crippen molar-refractivity contribution in [2.45, 2.75) is 83.2 Å². The maximum atomic E-state index is 12.4. The number of allylic oxidation sites excluding steroid dienone is 4. The van der Waals surface area contributed by atoms with Gasteiger partial charge in [-0.3, -0.25) is 4.79 Å². The summed E-state index contributed by atoms with van der Waals surface area (Å²) in [6, 6.07) is 7.90. The maximum Gasteiger partial charge on any atom is 0.161 e. The zero-order valence-corrected chi connectivity index (χ0v) is 20.2. The SMILES string of the molecule is CCCCC/C=C\C[C@H]1C=CC(=O)[C@@H]1[C@@H](O)[C@H]1O[C@@H]1CCCCOCc1ccc(OC)cc1. The third-order valence-electron chi connectivity index (χ3n) is 6.63. The molecule has 1 aromatic carbocycles. The Morgan fingerprint density at radius 3 is 2.70 bits per heavy atom. The topological polar surface area (TPSA) is 68.3 Å². The molecule has 0 radical (unpaired) electrons. The van der Waals surface area contributed by atoms with Crippen molar-refractivity contribution in [3.63, 3.8) is 0 Å². The molecule has 0 amide bonds. The molecule has 0 aromatic heterocycles. The van der Waals surface area contributed by atoms with Crippen LogP contribution in [0.15, 0.2) is 48.6 Å². The molecule has 33 heavy (non-hydrogen) atoms. The van der Waals surface area contributed by atoms with Gasteiger partial charge >= 0.3 is 0 Å². The van der Waals surface area contributed by atoms with E-state index < -0.39 is 6.10 Å². The molecule has 0 spiro atoms. The summed E-state index contributed by atoms with van der Waals surface area (Å²) in [5, 5.41) is 10.8. The van der Waals surface area contributed by atoms with E-state index in [0.29, 0.717) is 13.2 Å². The first-order valence-corrected chi connectivity index (χ1v) is 12.5. The van der Waals surface area contributed by atoms with Crippen LogP contribution in [-0.4, -0.2) is 42.9 Å². The summed E-state index contributed by atoms with van der Waals surface area (Å²) in [4.78, 5) is 12.4. The highest BCUT2D eigenvalue weighted by atomic mass is 16.6. The lowest BCUT2D eigenvalue weighted by atomic mass is 9.84. The summed E-state index contributed by atoms with van der Waals surface area (Å²) in [5.41, 5.74) is 1.13. The van der Waals surface area contributed by atoms with Crippen molar-refractivity contribution in [1.29, 1.82) is 0 Å². The van der Waals surface area contributed by atoms with Gasteiger partial charge in [-0.15, -0.1) is 0 Å². The number of hydrogen-bond acceptors (Lipinski definition) is 5. The number of epoxide rings is 1. The van der Waals surface area contributed by atoms with E-state index in [4.69, 9.17) is 14.2 Å². The first kappa shape index (κ1) is 25.7. The van der Waals surface area contributed by atoms with Gasteiger partial charge in [0, 0.05) is 6.61 Å². The van der Waals surface area contributed by atoms with Crippen LogP contribution in [0.25, 0.3) is 0 Å². The van der Waals surface area contributed by atoms with Gasteiger partial charge in [-0.2, -0.15) is 0 Å². The minimum atomic E-state index is -0.720. The van der Waals surface area contributed by atoms with Gasteiger partial charge in [-0.25, -0.2) is 0 Å². The lowest BCUT2D eigenvalue weighted by Gasteiger charge is -2.21. The smallest absolute Gasteiger partial charge is 0.161 e. The standard InChI is InChI=1S/C28H40O5/c1-3-4-5-6-7-8-11-22-15-18-24(29)26(22)27(30)28-25(33-28)12-9-10-19-32-20-21-13-16-23(31-2)17-14-21/h7-8,13-18,22,25-28,30H,3-6,9-12,19-20H2,1-2H3/b8-7-/t22-,25+,26+,27+,28-/m0/s1. The molecule has 0 unspecified atom stereocenters. The highest BCUT2D eigenvalue weighted by Crippen LogP contribution is 2.38. The van der Waals surface area contributed by atoms with E-state index in [2.05, 4.69) is 19.1 Å².